The lowest BCUT2D eigenvalue weighted by Crippen LogP contribution is -2.42. The molecule has 0 aliphatic carbocycles. The Labute approximate surface area is 105 Å². The standard InChI is InChI=1S/C12H18BrN3/c1-9-7-10(5-6-16(9)2)15-11-3-4-12(13)14-8-11/h3-4,8-10,15H,5-7H2,1-2H3. The zero-order chi connectivity index (χ0) is 11.5. The van der Waals surface area contributed by atoms with Crippen molar-refractivity contribution in [2.24, 2.45) is 0 Å². The smallest absolute Gasteiger partial charge is 0.106 e. The van der Waals surface area contributed by atoms with Crippen molar-refractivity contribution >= 4 is 21.6 Å². The fraction of sp³-hybridized carbons (Fsp3) is 0.583. The van der Waals surface area contributed by atoms with Crippen LogP contribution in [0.25, 0.3) is 0 Å². The van der Waals surface area contributed by atoms with E-state index in [-0.39, 0.29) is 0 Å². The van der Waals surface area contributed by atoms with Gasteiger partial charge in [-0.05, 0) is 54.9 Å². The van der Waals surface area contributed by atoms with E-state index < -0.39 is 0 Å². The van der Waals surface area contributed by atoms with Crippen molar-refractivity contribution in [3.63, 3.8) is 0 Å². The second-order valence-corrected chi connectivity index (χ2v) is 5.38. The van der Waals surface area contributed by atoms with Crippen LogP contribution >= 0.6 is 15.9 Å². The Morgan fingerprint density at radius 3 is 2.94 bits per heavy atom. The summed E-state index contributed by atoms with van der Waals surface area (Å²) in [4.78, 5) is 6.64. The molecule has 1 fully saturated rings. The number of piperidine rings is 1. The van der Waals surface area contributed by atoms with Crippen LogP contribution in [0.4, 0.5) is 5.69 Å². The van der Waals surface area contributed by atoms with Gasteiger partial charge in [-0.25, -0.2) is 4.98 Å². The summed E-state index contributed by atoms with van der Waals surface area (Å²) in [6.07, 6.45) is 4.29. The molecule has 1 aromatic heterocycles. The summed E-state index contributed by atoms with van der Waals surface area (Å²) in [7, 11) is 2.20. The summed E-state index contributed by atoms with van der Waals surface area (Å²) < 4.78 is 0.884. The summed E-state index contributed by atoms with van der Waals surface area (Å²) in [5, 5.41) is 3.55. The molecule has 0 spiro atoms. The summed E-state index contributed by atoms with van der Waals surface area (Å²) in [5.74, 6) is 0. The molecule has 3 nitrogen and oxygen atoms in total. The summed E-state index contributed by atoms with van der Waals surface area (Å²) in [6.45, 7) is 3.45. The monoisotopic (exact) mass is 283 g/mol. The van der Waals surface area contributed by atoms with Crippen LogP contribution in [0.5, 0.6) is 0 Å². The number of pyridine rings is 1. The predicted molar refractivity (Wildman–Crippen MR) is 70.7 cm³/mol. The second-order valence-electron chi connectivity index (χ2n) is 4.56. The first kappa shape index (κ1) is 11.9. The highest BCUT2D eigenvalue weighted by molar-refractivity contribution is 9.10. The van der Waals surface area contributed by atoms with E-state index in [1.807, 2.05) is 12.3 Å². The Morgan fingerprint density at radius 1 is 1.50 bits per heavy atom. The molecule has 1 N–H and O–H groups in total. The largest absolute Gasteiger partial charge is 0.381 e. The molecule has 1 aliphatic heterocycles. The molecule has 2 heterocycles. The molecule has 1 aliphatic rings. The number of hydrogen-bond acceptors (Lipinski definition) is 3. The van der Waals surface area contributed by atoms with Gasteiger partial charge in [-0.2, -0.15) is 0 Å². The molecule has 0 aromatic carbocycles. The van der Waals surface area contributed by atoms with E-state index in [2.05, 4.69) is 51.2 Å². The average Bonchev–Trinajstić information content (AvgIpc) is 2.27. The number of likely N-dealkylation sites (tertiary alicyclic amines) is 1. The minimum absolute atomic E-state index is 0.578. The average molecular weight is 284 g/mol. The van der Waals surface area contributed by atoms with Gasteiger partial charge in [0.25, 0.3) is 0 Å². The van der Waals surface area contributed by atoms with Crippen molar-refractivity contribution in [3.05, 3.63) is 22.9 Å². The van der Waals surface area contributed by atoms with Gasteiger partial charge >= 0.3 is 0 Å². The molecule has 2 rings (SSSR count). The van der Waals surface area contributed by atoms with Crippen LogP contribution in [0.1, 0.15) is 19.8 Å². The van der Waals surface area contributed by atoms with Gasteiger partial charge in [0.15, 0.2) is 0 Å². The molecule has 2 unspecified atom stereocenters. The molecule has 0 radical (unpaired) electrons. The van der Waals surface area contributed by atoms with Crippen LogP contribution in [0.15, 0.2) is 22.9 Å². The molecule has 88 valence electrons. The van der Waals surface area contributed by atoms with E-state index in [0.717, 1.165) is 10.3 Å². The lowest BCUT2D eigenvalue weighted by molar-refractivity contribution is 0.190. The van der Waals surface area contributed by atoms with E-state index >= 15 is 0 Å². The Morgan fingerprint density at radius 2 is 2.31 bits per heavy atom. The number of aromatic nitrogens is 1. The van der Waals surface area contributed by atoms with Crippen LogP contribution < -0.4 is 5.32 Å². The van der Waals surface area contributed by atoms with Gasteiger partial charge in [0.2, 0.25) is 0 Å². The number of anilines is 1. The maximum atomic E-state index is 4.22. The number of hydrogen-bond donors (Lipinski definition) is 1. The molecule has 16 heavy (non-hydrogen) atoms. The van der Waals surface area contributed by atoms with Crippen molar-refractivity contribution in [2.45, 2.75) is 31.8 Å². The third-order valence-corrected chi connectivity index (χ3v) is 3.78. The Hall–Kier alpha value is -0.610. The van der Waals surface area contributed by atoms with Gasteiger partial charge in [0, 0.05) is 18.6 Å². The van der Waals surface area contributed by atoms with Crippen LogP contribution in [-0.4, -0.2) is 35.6 Å². The summed E-state index contributed by atoms with van der Waals surface area (Å²) in [6, 6.07) is 5.28. The zero-order valence-electron chi connectivity index (χ0n) is 9.78. The number of nitrogens with zero attached hydrogens (tertiary/aromatic N) is 2. The molecule has 0 bridgehead atoms. The van der Waals surface area contributed by atoms with Crippen molar-refractivity contribution in [3.8, 4) is 0 Å². The molecule has 0 saturated carbocycles. The maximum Gasteiger partial charge on any atom is 0.106 e. The third kappa shape index (κ3) is 2.95. The fourth-order valence-corrected chi connectivity index (χ4v) is 2.35. The third-order valence-electron chi connectivity index (χ3n) is 3.31. The minimum Gasteiger partial charge on any atom is -0.381 e. The maximum absolute atomic E-state index is 4.22. The fourth-order valence-electron chi connectivity index (χ4n) is 2.12. The molecule has 1 saturated heterocycles. The predicted octanol–water partition coefficient (Wildman–Crippen LogP) is 2.74. The Balaban J connectivity index is 1.93. The molecular weight excluding hydrogens is 266 g/mol. The van der Waals surface area contributed by atoms with E-state index in [9.17, 15) is 0 Å². The van der Waals surface area contributed by atoms with Gasteiger partial charge in [0.1, 0.15) is 4.60 Å². The highest BCUT2D eigenvalue weighted by Crippen LogP contribution is 2.20. The molecule has 4 heteroatoms. The van der Waals surface area contributed by atoms with Gasteiger partial charge in [0.05, 0.1) is 11.9 Å². The lowest BCUT2D eigenvalue weighted by Gasteiger charge is -2.35. The van der Waals surface area contributed by atoms with Gasteiger partial charge in [-0.1, -0.05) is 0 Å². The van der Waals surface area contributed by atoms with E-state index in [1.54, 1.807) is 0 Å². The van der Waals surface area contributed by atoms with Gasteiger partial charge < -0.3 is 10.2 Å². The van der Waals surface area contributed by atoms with Crippen molar-refractivity contribution in [1.29, 1.82) is 0 Å². The number of halogens is 1. The Kier molecular flexibility index (Phi) is 3.82. The van der Waals surface area contributed by atoms with E-state index in [4.69, 9.17) is 0 Å². The molecule has 1 aromatic rings. The van der Waals surface area contributed by atoms with Crippen molar-refractivity contribution < 1.29 is 0 Å². The van der Waals surface area contributed by atoms with E-state index in [0.29, 0.717) is 12.1 Å². The van der Waals surface area contributed by atoms with E-state index in [1.165, 1.54) is 19.4 Å². The number of nitrogens with one attached hydrogen (secondary N) is 1. The highest BCUT2D eigenvalue weighted by atomic mass is 79.9. The zero-order valence-corrected chi connectivity index (χ0v) is 11.4. The first-order valence-electron chi connectivity index (χ1n) is 5.73. The van der Waals surface area contributed by atoms with Crippen LogP contribution in [0.2, 0.25) is 0 Å². The van der Waals surface area contributed by atoms with Crippen molar-refractivity contribution in [1.82, 2.24) is 9.88 Å². The minimum atomic E-state index is 0.578. The molecular formula is C12H18BrN3. The normalized spacial score (nSPS) is 26.7. The molecule has 2 atom stereocenters. The topological polar surface area (TPSA) is 28.2 Å². The first-order valence-corrected chi connectivity index (χ1v) is 6.53. The van der Waals surface area contributed by atoms with Crippen LogP contribution in [0.3, 0.4) is 0 Å². The van der Waals surface area contributed by atoms with Crippen LogP contribution in [-0.2, 0) is 0 Å². The van der Waals surface area contributed by atoms with Gasteiger partial charge in [-0.15, -0.1) is 0 Å². The first-order chi connectivity index (χ1) is 7.65. The summed E-state index contributed by atoms with van der Waals surface area (Å²) >= 11 is 3.34. The quantitative estimate of drug-likeness (QED) is 0.846. The second kappa shape index (κ2) is 5.15. The molecule has 0 amide bonds. The highest BCUT2D eigenvalue weighted by Gasteiger charge is 2.22. The lowest BCUT2D eigenvalue weighted by atomic mass is 9.99. The van der Waals surface area contributed by atoms with Crippen molar-refractivity contribution in [2.75, 3.05) is 18.9 Å². The SMILES string of the molecule is CC1CC(Nc2ccc(Br)nc2)CCN1C. The van der Waals surface area contributed by atoms with Crippen LogP contribution in [0, 0.1) is 0 Å². The van der Waals surface area contributed by atoms with Gasteiger partial charge in [-0.3, -0.25) is 0 Å². The summed E-state index contributed by atoms with van der Waals surface area (Å²) in [5.41, 5.74) is 1.12. The number of rotatable bonds is 2. The Bertz CT molecular complexity index is 339.